The molecule has 7 nitrogen and oxygen atoms in total. The van der Waals surface area contributed by atoms with Crippen LogP contribution in [0.25, 0.3) is 0 Å². The van der Waals surface area contributed by atoms with Crippen molar-refractivity contribution in [2.24, 2.45) is 5.73 Å². The Morgan fingerprint density at radius 1 is 1.19 bits per heavy atom. The Morgan fingerprint density at radius 3 is 2.48 bits per heavy atom. The van der Waals surface area contributed by atoms with Gasteiger partial charge in [-0.15, -0.1) is 0 Å². The van der Waals surface area contributed by atoms with Crippen LogP contribution in [0.3, 0.4) is 0 Å². The molecule has 0 unspecified atom stereocenters. The van der Waals surface area contributed by atoms with Gasteiger partial charge in [-0.05, 0) is 31.2 Å². The molecule has 7 heteroatoms. The van der Waals surface area contributed by atoms with E-state index in [4.69, 9.17) is 5.73 Å². The number of amides is 2. The number of carbonyl (C=O) groups is 3. The van der Waals surface area contributed by atoms with E-state index in [-0.39, 0.29) is 23.8 Å². The van der Waals surface area contributed by atoms with E-state index in [2.05, 4.69) is 15.4 Å². The summed E-state index contributed by atoms with van der Waals surface area (Å²) < 4.78 is 4.63. The highest BCUT2D eigenvalue weighted by Crippen LogP contribution is 2.24. The molecule has 0 heterocycles. The maximum Gasteiger partial charge on any atom is 0.337 e. The van der Waals surface area contributed by atoms with Gasteiger partial charge in [-0.25, -0.2) is 4.79 Å². The lowest BCUT2D eigenvalue weighted by Gasteiger charge is -2.12. The zero-order valence-corrected chi connectivity index (χ0v) is 12.1. The predicted molar refractivity (Wildman–Crippen MR) is 79.0 cm³/mol. The summed E-state index contributed by atoms with van der Waals surface area (Å²) >= 11 is 0. The van der Waals surface area contributed by atoms with Crippen LogP contribution < -0.4 is 16.4 Å². The summed E-state index contributed by atoms with van der Waals surface area (Å²) in [4.78, 5) is 34.4. The molecule has 0 atom stereocenters. The number of esters is 1. The van der Waals surface area contributed by atoms with Crippen molar-refractivity contribution in [2.45, 2.75) is 19.8 Å². The second-order valence-electron chi connectivity index (χ2n) is 4.37. The summed E-state index contributed by atoms with van der Waals surface area (Å²) in [5, 5.41) is 5.24. The average Bonchev–Trinajstić information content (AvgIpc) is 2.45. The van der Waals surface area contributed by atoms with Crippen LogP contribution >= 0.6 is 0 Å². The number of nitrogens with one attached hydrogen (secondary N) is 2. The fourth-order valence-electron chi connectivity index (χ4n) is 1.67. The minimum absolute atomic E-state index is 0.242. The van der Waals surface area contributed by atoms with Crippen LogP contribution in [0.2, 0.25) is 0 Å². The van der Waals surface area contributed by atoms with Crippen molar-refractivity contribution in [3.05, 3.63) is 23.8 Å². The van der Waals surface area contributed by atoms with Crippen molar-refractivity contribution < 1.29 is 19.1 Å². The molecule has 0 saturated heterocycles. The number of benzene rings is 1. The van der Waals surface area contributed by atoms with E-state index >= 15 is 0 Å². The molecule has 0 aliphatic carbocycles. The Labute approximate surface area is 122 Å². The van der Waals surface area contributed by atoms with E-state index in [9.17, 15) is 14.4 Å². The van der Waals surface area contributed by atoms with Gasteiger partial charge in [-0.2, -0.15) is 0 Å². The first kappa shape index (κ1) is 16.6. The summed E-state index contributed by atoms with van der Waals surface area (Å²) in [6.45, 7) is 1.77. The van der Waals surface area contributed by atoms with Gasteiger partial charge >= 0.3 is 5.97 Å². The second kappa shape index (κ2) is 8.01. The summed E-state index contributed by atoms with van der Waals surface area (Å²) in [6, 6.07) is 4.50. The lowest BCUT2D eigenvalue weighted by Crippen LogP contribution is -2.16. The highest BCUT2D eigenvalue weighted by Gasteiger charge is 2.12. The fourth-order valence-corrected chi connectivity index (χ4v) is 1.67. The van der Waals surface area contributed by atoms with Gasteiger partial charge in [0.05, 0.1) is 24.0 Å². The zero-order valence-electron chi connectivity index (χ0n) is 12.1. The number of methoxy groups -OCH3 is 1. The van der Waals surface area contributed by atoms with Crippen LogP contribution in [-0.2, 0) is 14.3 Å². The number of hydrogen-bond acceptors (Lipinski definition) is 5. The van der Waals surface area contributed by atoms with Gasteiger partial charge < -0.3 is 21.1 Å². The molecule has 1 aromatic carbocycles. The summed E-state index contributed by atoms with van der Waals surface area (Å²) in [7, 11) is 1.27. The highest BCUT2D eigenvalue weighted by atomic mass is 16.5. The Kier molecular flexibility index (Phi) is 6.35. The first-order chi connectivity index (χ1) is 9.97. The number of carbonyl (C=O) groups excluding carboxylic acids is 3. The Morgan fingerprint density at radius 2 is 1.90 bits per heavy atom. The average molecular weight is 293 g/mol. The van der Waals surface area contributed by atoms with Crippen LogP contribution in [0.5, 0.6) is 0 Å². The number of nitrogens with two attached hydrogens (primary N) is 1. The maximum atomic E-state index is 11.8. The third-order valence-electron chi connectivity index (χ3n) is 2.63. The number of ether oxygens (including phenoxy) is 1. The SMILES string of the molecule is COC(=O)c1ccc(NC(C)=O)c(NC(=O)CCCN)c1. The Hall–Kier alpha value is -2.41. The zero-order chi connectivity index (χ0) is 15.8. The normalized spacial score (nSPS) is 9.86. The van der Waals surface area contributed by atoms with Crippen LogP contribution in [0.1, 0.15) is 30.1 Å². The first-order valence-corrected chi connectivity index (χ1v) is 6.47. The van der Waals surface area contributed by atoms with Gasteiger partial charge in [0, 0.05) is 13.3 Å². The smallest absolute Gasteiger partial charge is 0.337 e. The van der Waals surface area contributed by atoms with Gasteiger partial charge in [0.15, 0.2) is 0 Å². The standard InChI is InChI=1S/C14H19N3O4/c1-9(18)16-11-6-5-10(14(20)21-2)8-12(11)17-13(19)4-3-7-15/h5-6,8H,3-4,7,15H2,1-2H3,(H,16,18)(H,17,19). The second-order valence-corrected chi connectivity index (χ2v) is 4.37. The number of hydrogen-bond donors (Lipinski definition) is 3. The van der Waals surface area contributed by atoms with Crippen LogP contribution in [0.15, 0.2) is 18.2 Å². The highest BCUT2D eigenvalue weighted by molar-refractivity contribution is 6.01. The molecule has 0 aliphatic rings. The molecule has 1 rings (SSSR count). The molecule has 0 saturated carbocycles. The van der Waals surface area contributed by atoms with Gasteiger partial charge in [0.2, 0.25) is 11.8 Å². The summed E-state index contributed by atoms with van der Waals surface area (Å²) in [6.07, 6.45) is 0.816. The van der Waals surface area contributed by atoms with E-state index in [0.29, 0.717) is 24.3 Å². The molecule has 0 aliphatic heterocycles. The lowest BCUT2D eigenvalue weighted by atomic mass is 10.1. The largest absolute Gasteiger partial charge is 0.465 e. The molecule has 21 heavy (non-hydrogen) atoms. The van der Waals surface area contributed by atoms with E-state index in [1.54, 1.807) is 0 Å². The Bertz CT molecular complexity index is 543. The van der Waals surface area contributed by atoms with Gasteiger partial charge in [-0.3, -0.25) is 9.59 Å². The van der Waals surface area contributed by atoms with Gasteiger partial charge in [0.25, 0.3) is 0 Å². The van der Waals surface area contributed by atoms with Crippen LogP contribution in [0.4, 0.5) is 11.4 Å². The minimum atomic E-state index is -0.526. The monoisotopic (exact) mass is 293 g/mol. The molecular formula is C14H19N3O4. The van der Waals surface area contributed by atoms with E-state index in [0.717, 1.165) is 0 Å². The van der Waals surface area contributed by atoms with Crippen molar-refractivity contribution in [3.8, 4) is 0 Å². The van der Waals surface area contributed by atoms with E-state index < -0.39 is 5.97 Å². The van der Waals surface area contributed by atoms with Crippen molar-refractivity contribution >= 4 is 29.2 Å². The molecule has 0 bridgehead atoms. The van der Waals surface area contributed by atoms with Crippen molar-refractivity contribution in [2.75, 3.05) is 24.3 Å². The molecule has 114 valence electrons. The molecule has 0 aromatic heterocycles. The maximum absolute atomic E-state index is 11.8. The molecule has 1 aromatic rings. The molecule has 4 N–H and O–H groups in total. The summed E-state index contributed by atoms with van der Waals surface area (Å²) in [5.41, 5.74) is 6.38. The molecule has 2 amide bonds. The van der Waals surface area contributed by atoms with Crippen LogP contribution in [-0.4, -0.2) is 31.4 Å². The minimum Gasteiger partial charge on any atom is -0.465 e. The lowest BCUT2D eigenvalue weighted by molar-refractivity contribution is -0.116. The number of anilines is 2. The molecular weight excluding hydrogens is 274 g/mol. The van der Waals surface area contributed by atoms with E-state index in [1.165, 1.54) is 32.2 Å². The number of rotatable bonds is 6. The predicted octanol–water partition coefficient (Wildman–Crippen LogP) is 1.11. The van der Waals surface area contributed by atoms with Crippen molar-refractivity contribution in [3.63, 3.8) is 0 Å². The molecule has 0 fully saturated rings. The van der Waals surface area contributed by atoms with Crippen molar-refractivity contribution in [1.82, 2.24) is 0 Å². The van der Waals surface area contributed by atoms with Crippen molar-refractivity contribution in [1.29, 1.82) is 0 Å². The topological polar surface area (TPSA) is 111 Å². The van der Waals surface area contributed by atoms with Gasteiger partial charge in [0.1, 0.15) is 0 Å². The third kappa shape index (κ3) is 5.23. The molecule has 0 radical (unpaired) electrons. The summed E-state index contributed by atoms with van der Waals surface area (Å²) in [5.74, 6) is -1.05. The van der Waals surface area contributed by atoms with E-state index in [1.807, 2.05) is 0 Å². The fraction of sp³-hybridized carbons (Fsp3) is 0.357. The molecule has 0 spiro atoms. The Balaban J connectivity index is 3.01. The van der Waals surface area contributed by atoms with Gasteiger partial charge in [-0.1, -0.05) is 0 Å². The van der Waals surface area contributed by atoms with Crippen LogP contribution in [0, 0.1) is 0 Å². The quantitative estimate of drug-likeness (QED) is 0.680. The first-order valence-electron chi connectivity index (χ1n) is 6.47. The third-order valence-corrected chi connectivity index (χ3v) is 2.63.